The summed E-state index contributed by atoms with van der Waals surface area (Å²) in [5, 5.41) is 0. The van der Waals surface area contributed by atoms with Crippen molar-refractivity contribution in [3.05, 3.63) is 95.1 Å². The first-order valence-electron chi connectivity index (χ1n) is 9.22. The van der Waals surface area contributed by atoms with Crippen LogP contribution in [0, 0.1) is 5.41 Å². The van der Waals surface area contributed by atoms with E-state index < -0.39 is 0 Å². The summed E-state index contributed by atoms with van der Waals surface area (Å²) < 4.78 is 0. The molecule has 2 aromatic rings. The highest BCUT2D eigenvalue weighted by molar-refractivity contribution is 6.12. The van der Waals surface area contributed by atoms with E-state index in [1.54, 1.807) is 36.4 Å². The molecular formula is C24H24O2. The smallest absolute Gasteiger partial charge is 0.193 e. The number of hydrogen-bond acceptors (Lipinski definition) is 2. The minimum Gasteiger partial charge on any atom is -0.289 e. The third-order valence-corrected chi connectivity index (χ3v) is 5.46. The summed E-state index contributed by atoms with van der Waals surface area (Å²) in [4.78, 5) is 25.2. The Hall–Kier alpha value is -2.74. The van der Waals surface area contributed by atoms with Crippen molar-refractivity contribution in [3.8, 4) is 0 Å². The minimum atomic E-state index is -0.0305. The summed E-state index contributed by atoms with van der Waals surface area (Å²) >= 11 is 0. The molecule has 0 saturated heterocycles. The van der Waals surface area contributed by atoms with Gasteiger partial charge in [0.15, 0.2) is 11.6 Å². The highest BCUT2D eigenvalue weighted by Gasteiger charge is 2.25. The summed E-state index contributed by atoms with van der Waals surface area (Å²) in [6.45, 7) is 4.38. The molecule has 0 aromatic heterocycles. The highest BCUT2D eigenvalue weighted by atomic mass is 16.1. The maximum atomic E-state index is 12.7. The SMILES string of the molecule is CCC1(CC)C=CC(C(=O)c2ccc(C(=O)c3ccccc3)cc2)=CC1. The van der Waals surface area contributed by atoms with Gasteiger partial charge in [-0.05, 0) is 24.7 Å². The predicted molar refractivity (Wildman–Crippen MR) is 106 cm³/mol. The Bertz CT molecular complexity index is 851. The molecule has 0 fully saturated rings. The second-order valence-electron chi connectivity index (χ2n) is 6.87. The van der Waals surface area contributed by atoms with Crippen molar-refractivity contribution >= 4 is 11.6 Å². The van der Waals surface area contributed by atoms with Gasteiger partial charge in [-0.25, -0.2) is 0 Å². The number of benzene rings is 2. The van der Waals surface area contributed by atoms with Crippen molar-refractivity contribution in [1.82, 2.24) is 0 Å². The molecule has 0 bridgehead atoms. The number of allylic oxidation sites excluding steroid dienone is 4. The Morgan fingerprint density at radius 2 is 1.35 bits per heavy atom. The van der Waals surface area contributed by atoms with Crippen LogP contribution >= 0.6 is 0 Å². The molecule has 0 N–H and O–H groups in total. The Morgan fingerprint density at radius 3 is 1.85 bits per heavy atom. The van der Waals surface area contributed by atoms with E-state index in [9.17, 15) is 9.59 Å². The lowest BCUT2D eigenvalue weighted by molar-refractivity contribution is 0.102. The molecule has 3 rings (SSSR count). The molecule has 0 saturated carbocycles. The third-order valence-electron chi connectivity index (χ3n) is 5.46. The van der Waals surface area contributed by atoms with Crippen molar-refractivity contribution < 1.29 is 9.59 Å². The third kappa shape index (κ3) is 3.60. The monoisotopic (exact) mass is 344 g/mol. The highest BCUT2D eigenvalue weighted by Crippen LogP contribution is 2.36. The largest absolute Gasteiger partial charge is 0.289 e. The predicted octanol–water partition coefficient (Wildman–Crippen LogP) is 5.79. The summed E-state index contributed by atoms with van der Waals surface area (Å²) in [7, 11) is 0. The maximum absolute atomic E-state index is 12.7. The van der Waals surface area contributed by atoms with Gasteiger partial charge in [0.1, 0.15) is 0 Å². The molecule has 2 aromatic carbocycles. The van der Waals surface area contributed by atoms with Crippen LogP contribution in [0.2, 0.25) is 0 Å². The van der Waals surface area contributed by atoms with E-state index in [1.165, 1.54) is 0 Å². The molecule has 1 aliphatic rings. The number of hydrogen-bond donors (Lipinski definition) is 0. The zero-order valence-corrected chi connectivity index (χ0v) is 15.4. The average molecular weight is 344 g/mol. The molecule has 2 heteroatoms. The summed E-state index contributed by atoms with van der Waals surface area (Å²) in [5.74, 6) is -0.0159. The molecule has 0 amide bonds. The molecule has 0 atom stereocenters. The van der Waals surface area contributed by atoms with Crippen LogP contribution in [0.1, 0.15) is 59.4 Å². The van der Waals surface area contributed by atoms with Gasteiger partial charge in [0.2, 0.25) is 0 Å². The summed E-state index contributed by atoms with van der Waals surface area (Å²) in [5.41, 5.74) is 2.79. The molecule has 0 aliphatic heterocycles. The maximum Gasteiger partial charge on any atom is 0.193 e. The van der Waals surface area contributed by atoms with Crippen LogP contribution in [0.25, 0.3) is 0 Å². The fraction of sp³-hybridized carbons (Fsp3) is 0.250. The molecule has 0 unspecified atom stereocenters. The molecule has 0 spiro atoms. The van der Waals surface area contributed by atoms with Gasteiger partial charge in [-0.15, -0.1) is 0 Å². The van der Waals surface area contributed by atoms with Crippen molar-refractivity contribution in [2.45, 2.75) is 33.1 Å². The van der Waals surface area contributed by atoms with Gasteiger partial charge in [0, 0.05) is 22.3 Å². The molecule has 26 heavy (non-hydrogen) atoms. The first-order valence-corrected chi connectivity index (χ1v) is 9.22. The van der Waals surface area contributed by atoms with E-state index in [2.05, 4.69) is 26.0 Å². The first-order chi connectivity index (χ1) is 12.6. The van der Waals surface area contributed by atoms with Gasteiger partial charge in [-0.3, -0.25) is 9.59 Å². The quantitative estimate of drug-likeness (QED) is 0.621. The molecule has 0 radical (unpaired) electrons. The van der Waals surface area contributed by atoms with Gasteiger partial charge in [0.05, 0.1) is 0 Å². The first kappa shape index (κ1) is 18.1. The molecular weight excluding hydrogens is 320 g/mol. The second kappa shape index (κ2) is 7.65. The van der Waals surface area contributed by atoms with E-state index in [1.807, 2.05) is 24.3 Å². The lowest BCUT2D eigenvalue weighted by Crippen LogP contribution is -2.18. The van der Waals surface area contributed by atoms with Crippen molar-refractivity contribution in [2.24, 2.45) is 5.41 Å². The van der Waals surface area contributed by atoms with E-state index in [-0.39, 0.29) is 17.0 Å². The molecule has 1 aliphatic carbocycles. The number of ketones is 2. The number of carbonyl (C=O) groups is 2. The Kier molecular flexibility index (Phi) is 5.32. The normalized spacial score (nSPS) is 15.4. The Balaban J connectivity index is 1.75. The minimum absolute atomic E-state index is 0.0146. The number of carbonyl (C=O) groups excluding carboxylic acids is 2. The van der Waals surface area contributed by atoms with Crippen molar-refractivity contribution in [3.63, 3.8) is 0 Å². The van der Waals surface area contributed by atoms with Gasteiger partial charge >= 0.3 is 0 Å². The lowest BCUT2D eigenvalue weighted by Gasteiger charge is -2.29. The number of rotatable bonds is 6. The van der Waals surface area contributed by atoms with Crippen LogP contribution in [-0.4, -0.2) is 11.6 Å². The van der Waals surface area contributed by atoms with Gasteiger partial charge in [-0.2, -0.15) is 0 Å². The van der Waals surface area contributed by atoms with Crippen molar-refractivity contribution in [1.29, 1.82) is 0 Å². The van der Waals surface area contributed by atoms with Gasteiger partial charge < -0.3 is 0 Å². The second-order valence-corrected chi connectivity index (χ2v) is 6.87. The van der Waals surface area contributed by atoms with Crippen LogP contribution in [0.4, 0.5) is 0 Å². The standard InChI is InChI=1S/C24H24O2/c1-3-24(4-2)16-14-21(15-17-24)23(26)20-12-10-19(11-13-20)22(25)18-8-6-5-7-9-18/h5-16H,3-4,17H2,1-2H3. The van der Waals surface area contributed by atoms with Crippen LogP contribution in [0.3, 0.4) is 0 Å². The number of Topliss-reactive ketones (excluding diaryl/α,β-unsaturated/α-hetero) is 1. The average Bonchev–Trinajstić information content (AvgIpc) is 2.73. The molecule has 0 heterocycles. The zero-order valence-electron chi connectivity index (χ0n) is 15.4. The van der Waals surface area contributed by atoms with E-state index in [0.717, 1.165) is 24.8 Å². The summed E-state index contributed by atoms with van der Waals surface area (Å²) in [6.07, 6.45) is 9.26. The van der Waals surface area contributed by atoms with Crippen LogP contribution in [0.15, 0.2) is 78.4 Å². The molecule has 132 valence electrons. The lowest BCUT2D eigenvalue weighted by atomic mass is 9.75. The fourth-order valence-electron chi connectivity index (χ4n) is 3.35. The van der Waals surface area contributed by atoms with E-state index in [4.69, 9.17) is 0 Å². The molecule has 2 nitrogen and oxygen atoms in total. The Labute approximate surface area is 155 Å². The van der Waals surface area contributed by atoms with E-state index in [0.29, 0.717) is 16.7 Å². The summed E-state index contributed by atoms with van der Waals surface area (Å²) in [6, 6.07) is 16.1. The van der Waals surface area contributed by atoms with Crippen LogP contribution in [-0.2, 0) is 0 Å². The van der Waals surface area contributed by atoms with Crippen LogP contribution in [0.5, 0.6) is 0 Å². The van der Waals surface area contributed by atoms with E-state index >= 15 is 0 Å². The zero-order chi connectivity index (χ0) is 18.6. The van der Waals surface area contributed by atoms with Crippen molar-refractivity contribution in [2.75, 3.05) is 0 Å². The van der Waals surface area contributed by atoms with Crippen LogP contribution < -0.4 is 0 Å². The Morgan fingerprint density at radius 1 is 0.808 bits per heavy atom. The van der Waals surface area contributed by atoms with Gasteiger partial charge in [-0.1, -0.05) is 86.7 Å². The topological polar surface area (TPSA) is 34.1 Å². The fourth-order valence-corrected chi connectivity index (χ4v) is 3.35. The van der Waals surface area contributed by atoms with Gasteiger partial charge in [0.25, 0.3) is 0 Å².